The van der Waals surface area contributed by atoms with Crippen molar-refractivity contribution in [2.45, 2.75) is 11.4 Å². The number of thioether (sulfide) groups is 1. The monoisotopic (exact) mass is 329 g/mol. The van der Waals surface area contributed by atoms with E-state index in [0.717, 1.165) is 5.76 Å². The van der Waals surface area contributed by atoms with Crippen molar-refractivity contribution in [1.82, 2.24) is 0 Å². The van der Waals surface area contributed by atoms with Crippen molar-refractivity contribution in [1.29, 1.82) is 0 Å². The van der Waals surface area contributed by atoms with Gasteiger partial charge in [-0.15, -0.1) is 11.8 Å². The molecule has 0 bridgehead atoms. The van der Waals surface area contributed by atoms with Gasteiger partial charge in [0.25, 0.3) is 6.29 Å². The highest BCUT2D eigenvalue weighted by atomic mass is 32.2. The Morgan fingerprint density at radius 2 is 1.92 bits per heavy atom. The van der Waals surface area contributed by atoms with Crippen LogP contribution in [0, 0.1) is 6.29 Å². The van der Waals surface area contributed by atoms with Crippen LogP contribution in [0.5, 0.6) is 0 Å². The molecule has 0 N–H and O–H groups in total. The second kappa shape index (κ2) is 4.65. The summed E-state index contributed by atoms with van der Waals surface area (Å²) in [5.74, 6) is 0.895. The lowest BCUT2D eigenvalue weighted by molar-refractivity contribution is 0.0637. The minimum absolute atomic E-state index is 0.0952. The lowest BCUT2D eigenvalue weighted by atomic mass is 10.0. The summed E-state index contributed by atoms with van der Waals surface area (Å²) in [7, 11) is 0. The molecular weight excluding hydrogens is 316 g/mol. The van der Waals surface area contributed by atoms with Crippen molar-refractivity contribution >= 4 is 29.3 Å². The van der Waals surface area contributed by atoms with Crippen LogP contribution in [0.25, 0.3) is 17.6 Å². The molecule has 1 fully saturated rings. The van der Waals surface area contributed by atoms with Crippen molar-refractivity contribution in [2.75, 3.05) is 0 Å². The van der Waals surface area contributed by atoms with E-state index in [1.54, 1.807) is 11.8 Å². The van der Waals surface area contributed by atoms with Crippen molar-refractivity contribution < 1.29 is 9.47 Å². The SMILES string of the molecule is C1=CC2=CC3O[C](C4SC=c5cc6c(cc54)=CC=C6)OC3=CC2=C1. The standard InChI is InChI=1S/C21H13O2S/c1-3-12-7-16-11-24-20(17(16)8-13(12)4-1)21-22-18-9-14-5-2-6-15(14)10-19(18)23-21/h1-11,18,20H. The Morgan fingerprint density at radius 3 is 2.92 bits per heavy atom. The molecule has 115 valence electrons. The molecule has 1 aromatic carbocycles. The number of hydrogen-bond donors (Lipinski definition) is 0. The van der Waals surface area contributed by atoms with Gasteiger partial charge in [0.05, 0.1) is 0 Å². The van der Waals surface area contributed by atoms with E-state index in [2.05, 4.69) is 66.1 Å². The van der Waals surface area contributed by atoms with Gasteiger partial charge in [-0.1, -0.05) is 36.5 Å². The lowest BCUT2D eigenvalue weighted by Gasteiger charge is -2.15. The van der Waals surface area contributed by atoms with Gasteiger partial charge in [0.1, 0.15) is 17.1 Å². The smallest absolute Gasteiger partial charge is 0.295 e. The fraction of sp³-hybridized carbons (Fsp3) is 0.0952. The summed E-state index contributed by atoms with van der Waals surface area (Å²) in [5.41, 5.74) is 4.99. The number of ether oxygens (including phenoxy) is 2. The quantitative estimate of drug-likeness (QED) is 0.788. The van der Waals surface area contributed by atoms with Gasteiger partial charge in [0.2, 0.25) is 0 Å². The fourth-order valence-electron chi connectivity index (χ4n) is 3.71. The molecule has 3 heteroatoms. The summed E-state index contributed by atoms with van der Waals surface area (Å²) in [6.07, 6.45) is 17.5. The largest absolute Gasteiger partial charge is 0.455 e. The van der Waals surface area contributed by atoms with E-state index in [1.165, 1.54) is 32.7 Å². The maximum absolute atomic E-state index is 6.16. The number of hydrogen-bond acceptors (Lipinski definition) is 3. The average molecular weight is 329 g/mol. The third kappa shape index (κ3) is 1.77. The van der Waals surface area contributed by atoms with Gasteiger partial charge in [-0.05, 0) is 62.4 Å². The lowest BCUT2D eigenvalue weighted by Crippen LogP contribution is -2.18. The third-order valence-corrected chi connectivity index (χ3v) is 6.03. The Kier molecular flexibility index (Phi) is 2.54. The molecule has 1 aromatic rings. The molecule has 5 aliphatic rings. The minimum Gasteiger partial charge on any atom is -0.455 e. The topological polar surface area (TPSA) is 18.5 Å². The average Bonchev–Trinajstić information content (AvgIpc) is 3.34. The molecule has 6 rings (SSSR count). The van der Waals surface area contributed by atoms with Gasteiger partial charge in [-0.3, -0.25) is 0 Å². The Labute approximate surface area is 143 Å². The predicted octanol–water partition coefficient (Wildman–Crippen LogP) is 3.24. The molecule has 2 heterocycles. The fourth-order valence-corrected chi connectivity index (χ4v) is 4.76. The molecule has 0 aromatic heterocycles. The summed E-state index contributed by atoms with van der Waals surface area (Å²) in [4.78, 5) is 0. The molecule has 2 unspecified atom stereocenters. The van der Waals surface area contributed by atoms with E-state index in [-0.39, 0.29) is 11.4 Å². The highest BCUT2D eigenvalue weighted by Gasteiger charge is 2.42. The molecule has 2 nitrogen and oxygen atoms in total. The summed E-state index contributed by atoms with van der Waals surface area (Å²) in [6.45, 7) is 0. The van der Waals surface area contributed by atoms with Crippen LogP contribution in [0.3, 0.4) is 0 Å². The second-order valence-corrected chi connectivity index (χ2v) is 7.36. The van der Waals surface area contributed by atoms with Gasteiger partial charge < -0.3 is 9.47 Å². The van der Waals surface area contributed by atoms with Gasteiger partial charge in [0, 0.05) is 0 Å². The summed E-state index contributed by atoms with van der Waals surface area (Å²) >= 11 is 1.76. The van der Waals surface area contributed by atoms with Gasteiger partial charge in [-0.25, -0.2) is 0 Å². The summed E-state index contributed by atoms with van der Waals surface area (Å²) < 4.78 is 12.3. The minimum atomic E-state index is -0.0952. The Bertz CT molecular complexity index is 1050. The first-order valence-electron chi connectivity index (χ1n) is 8.07. The molecule has 1 saturated heterocycles. The highest BCUT2D eigenvalue weighted by molar-refractivity contribution is 8.07. The maximum atomic E-state index is 6.16. The van der Waals surface area contributed by atoms with Crippen LogP contribution in [0.1, 0.15) is 16.4 Å². The zero-order chi connectivity index (χ0) is 15.7. The molecule has 0 amide bonds. The van der Waals surface area contributed by atoms with E-state index < -0.39 is 0 Å². The Hall–Kier alpha value is -2.23. The second-order valence-electron chi connectivity index (χ2n) is 6.38. The van der Waals surface area contributed by atoms with Gasteiger partial charge in [0.15, 0.2) is 0 Å². The molecule has 0 spiro atoms. The summed E-state index contributed by atoms with van der Waals surface area (Å²) in [6, 6.07) is 4.52. The number of rotatable bonds is 1. The van der Waals surface area contributed by atoms with Crippen LogP contribution in [0.2, 0.25) is 0 Å². The molecule has 24 heavy (non-hydrogen) atoms. The predicted molar refractivity (Wildman–Crippen MR) is 96.6 cm³/mol. The molecule has 0 saturated carbocycles. The number of allylic oxidation sites excluding steroid dienone is 7. The van der Waals surface area contributed by atoms with Crippen molar-refractivity contribution in [3.05, 3.63) is 93.3 Å². The normalized spacial score (nSPS) is 28.1. The van der Waals surface area contributed by atoms with Crippen molar-refractivity contribution in [3.8, 4) is 0 Å². The van der Waals surface area contributed by atoms with Crippen LogP contribution in [0.4, 0.5) is 0 Å². The first-order valence-corrected chi connectivity index (χ1v) is 9.01. The zero-order valence-electron chi connectivity index (χ0n) is 12.7. The highest BCUT2D eigenvalue weighted by Crippen LogP contribution is 2.48. The van der Waals surface area contributed by atoms with E-state index in [4.69, 9.17) is 9.47 Å². The third-order valence-electron chi connectivity index (χ3n) is 4.92. The molecule has 2 aliphatic heterocycles. The first-order chi connectivity index (χ1) is 11.8. The number of benzene rings is 1. The van der Waals surface area contributed by atoms with Crippen LogP contribution in [0.15, 0.2) is 65.5 Å². The summed E-state index contributed by atoms with van der Waals surface area (Å²) in [5, 5.41) is 4.86. The van der Waals surface area contributed by atoms with Crippen LogP contribution >= 0.6 is 11.8 Å². The van der Waals surface area contributed by atoms with E-state index in [9.17, 15) is 0 Å². The molecule has 3 aliphatic carbocycles. The van der Waals surface area contributed by atoms with Crippen molar-refractivity contribution in [3.63, 3.8) is 0 Å². The van der Waals surface area contributed by atoms with Gasteiger partial charge >= 0.3 is 0 Å². The van der Waals surface area contributed by atoms with Crippen molar-refractivity contribution in [2.24, 2.45) is 0 Å². The Balaban J connectivity index is 1.35. The van der Waals surface area contributed by atoms with Crippen LogP contribution in [-0.4, -0.2) is 6.10 Å². The van der Waals surface area contributed by atoms with Crippen LogP contribution < -0.4 is 10.4 Å². The van der Waals surface area contributed by atoms with E-state index in [0.29, 0.717) is 6.29 Å². The molecular formula is C21H13O2S. The van der Waals surface area contributed by atoms with E-state index >= 15 is 0 Å². The number of fused-ring (bicyclic) bond motifs is 4. The molecule has 1 radical (unpaired) electrons. The zero-order valence-corrected chi connectivity index (χ0v) is 13.5. The van der Waals surface area contributed by atoms with Gasteiger partial charge in [-0.2, -0.15) is 0 Å². The Morgan fingerprint density at radius 1 is 0.958 bits per heavy atom. The molecule has 2 atom stereocenters. The van der Waals surface area contributed by atoms with Crippen LogP contribution in [-0.2, 0) is 9.47 Å². The first kappa shape index (κ1) is 13.1. The van der Waals surface area contributed by atoms with E-state index in [1.807, 2.05) is 0 Å². The maximum Gasteiger partial charge on any atom is 0.295 e.